The third-order valence-electron chi connectivity index (χ3n) is 3.71. The van der Waals surface area contributed by atoms with Crippen molar-refractivity contribution in [3.05, 3.63) is 34.9 Å². The van der Waals surface area contributed by atoms with E-state index in [-0.39, 0.29) is 5.84 Å². The minimum absolute atomic E-state index is 0.148. The van der Waals surface area contributed by atoms with Crippen molar-refractivity contribution in [2.24, 2.45) is 11.7 Å². The van der Waals surface area contributed by atoms with E-state index in [0.717, 1.165) is 24.6 Å². The number of nitrogen functional groups attached to an aromatic ring is 1. The molecule has 0 amide bonds. The molecule has 0 unspecified atom stereocenters. The number of hydrogen-bond donors (Lipinski definition) is 2. The van der Waals surface area contributed by atoms with Crippen LogP contribution in [0.1, 0.15) is 36.5 Å². The van der Waals surface area contributed by atoms with Gasteiger partial charge < -0.3 is 5.73 Å². The Labute approximate surface area is 109 Å². The van der Waals surface area contributed by atoms with Crippen LogP contribution in [0.2, 0.25) is 0 Å². The molecular formula is C15H23N3. The summed E-state index contributed by atoms with van der Waals surface area (Å²) in [6, 6.07) is 6.08. The van der Waals surface area contributed by atoms with Crippen molar-refractivity contribution in [3.63, 3.8) is 0 Å². The smallest absolute Gasteiger partial charge is 0.122 e. The van der Waals surface area contributed by atoms with Crippen molar-refractivity contribution in [2.45, 2.75) is 33.2 Å². The summed E-state index contributed by atoms with van der Waals surface area (Å²) in [5, 5.41) is 7.45. The zero-order valence-electron chi connectivity index (χ0n) is 11.4. The number of hydrogen-bond acceptors (Lipinski definition) is 2. The summed E-state index contributed by atoms with van der Waals surface area (Å²) < 4.78 is 0. The normalized spacial score (nSPS) is 15.1. The van der Waals surface area contributed by atoms with E-state index in [1.54, 1.807) is 0 Å². The number of rotatable bonds is 6. The number of nitrogens with two attached hydrogens (primary N) is 1. The average Bonchev–Trinajstić information content (AvgIpc) is 3.14. The lowest BCUT2D eigenvalue weighted by Crippen LogP contribution is -2.25. The van der Waals surface area contributed by atoms with Crippen molar-refractivity contribution in [3.8, 4) is 0 Å². The summed E-state index contributed by atoms with van der Waals surface area (Å²) >= 11 is 0. The van der Waals surface area contributed by atoms with Crippen LogP contribution in [0.25, 0.3) is 0 Å². The van der Waals surface area contributed by atoms with Crippen molar-refractivity contribution < 1.29 is 0 Å². The van der Waals surface area contributed by atoms with Gasteiger partial charge in [-0.25, -0.2) is 0 Å². The molecule has 0 radical (unpaired) electrons. The Morgan fingerprint density at radius 1 is 1.44 bits per heavy atom. The topological polar surface area (TPSA) is 53.1 Å². The fourth-order valence-corrected chi connectivity index (χ4v) is 2.25. The monoisotopic (exact) mass is 245 g/mol. The summed E-state index contributed by atoms with van der Waals surface area (Å²) in [7, 11) is 0. The highest BCUT2D eigenvalue weighted by Gasteiger charge is 2.23. The Bertz CT molecular complexity index is 435. The molecule has 1 fully saturated rings. The van der Waals surface area contributed by atoms with Crippen LogP contribution in [0.3, 0.4) is 0 Å². The number of nitrogens with zero attached hydrogens (tertiary/aromatic N) is 1. The van der Waals surface area contributed by atoms with E-state index in [1.165, 1.54) is 30.5 Å². The van der Waals surface area contributed by atoms with E-state index in [9.17, 15) is 0 Å². The zero-order valence-corrected chi connectivity index (χ0v) is 11.4. The fraction of sp³-hybridized carbons (Fsp3) is 0.533. The van der Waals surface area contributed by atoms with Gasteiger partial charge in [-0.1, -0.05) is 19.1 Å². The van der Waals surface area contributed by atoms with Crippen molar-refractivity contribution in [1.82, 2.24) is 4.90 Å². The van der Waals surface area contributed by atoms with Gasteiger partial charge in [0.25, 0.3) is 0 Å². The molecule has 0 bridgehead atoms. The number of aryl methyl sites for hydroxylation is 1. The highest BCUT2D eigenvalue weighted by molar-refractivity contribution is 5.95. The highest BCUT2D eigenvalue weighted by atomic mass is 15.1. The van der Waals surface area contributed by atoms with Crippen LogP contribution in [-0.2, 0) is 6.54 Å². The minimum Gasteiger partial charge on any atom is -0.384 e. The highest BCUT2D eigenvalue weighted by Crippen LogP contribution is 2.30. The Balaban J connectivity index is 2.05. The first-order valence-electron chi connectivity index (χ1n) is 6.76. The molecule has 0 saturated heterocycles. The molecule has 98 valence electrons. The van der Waals surface area contributed by atoms with Crippen LogP contribution in [0.5, 0.6) is 0 Å². The van der Waals surface area contributed by atoms with Gasteiger partial charge in [-0.15, -0.1) is 0 Å². The summed E-state index contributed by atoms with van der Waals surface area (Å²) in [4.78, 5) is 2.51. The van der Waals surface area contributed by atoms with Crippen LogP contribution < -0.4 is 5.73 Å². The molecule has 0 aliphatic heterocycles. The largest absolute Gasteiger partial charge is 0.384 e. The molecule has 2 rings (SSSR count). The molecule has 0 spiro atoms. The molecule has 1 aromatic carbocycles. The first kappa shape index (κ1) is 13.1. The summed E-state index contributed by atoms with van der Waals surface area (Å²) in [5.74, 6) is 1.08. The second-order valence-corrected chi connectivity index (χ2v) is 5.33. The van der Waals surface area contributed by atoms with Gasteiger partial charge in [-0.3, -0.25) is 10.3 Å². The molecule has 3 N–H and O–H groups in total. The third-order valence-corrected chi connectivity index (χ3v) is 3.71. The maximum atomic E-state index is 7.45. The molecule has 3 heteroatoms. The van der Waals surface area contributed by atoms with Crippen LogP contribution >= 0.6 is 0 Å². The zero-order chi connectivity index (χ0) is 13.1. The number of amidine groups is 1. The van der Waals surface area contributed by atoms with Crippen molar-refractivity contribution >= 4 is 5.84 Å². The van der Waals surface area contributed by atoms with Gasteiger partial charge in [0.15, 0.2) is 0 Å². The quantitative estimate of drug-likeness (QED) is 0.597. The van der Waals surface area contributed by atoms with Crippen LogP contribution in [0.15, 0.2) is 18.2 Å². The minimum atomic E-state index is 0.148. The van der Waals surface area contributed by atoms with Gasteiger partial charge in [0, 0.05) is 18.7 Å². The first-order valence-corrected chi connectivity index (χ1v) is 6.76. The van der Waals surface area contributed by atoms with E-state index in [2.05, 4.69) is 24.8 Å². The molecule has 0 atom stereocenters. The maximum absolute atomic E-state index is 7.45. The predicted molar refractivity (Wildman–Crippen MR) is 75.9 cm³/mol. The first-order chi connectivity index (χ1) is 8.60. The molecule has 1 aromatic rings. The maximum Gasteiger partial charge on any atom is 0.122 e. The fourth-order valence-electron chi connectivity index (χ4n) is 2.25. The molecule has 1 aliphatic rings. The molecule has 18 heavy (non-hydrogen) atoms. The summed E-state index contributed by atoms with van der Waals surface area (Å²) in [6.07, 6.45) is 2.80. The van der Waals surface area contributed by atoms with Crippen molar-refractivity contribution in [1.29, 1.82) is 5.41 Å². The van der Waals surface area contributed by atoms with Gasteiger partial charge in [-0.2, -0.15) is 0 Å². The Morgan fingerprint density at radius 2 is 2.17 bits per heavy atom. The van der Waals surface area contributed by atoms with Gasteiger partial charge in [0.05, 0.1) is 0 Å². The lowest BCUT2D eigenvalue weighted by atomic mass is 10.0. The number of benzene rings is 1. The van der Waals surface area contributed by atoms with E-state index >= 15 is 0 Å². The second-order valence-electron chi connectivity index (χ2n) is 5.33. The molecule has 0 aromatic heterocycles. The van der Waals surface area contributed by atoms with Gasteiger partial charge in [0.2, 0.25) is 0 Å². The average molecular weight is 245 g/mol. The Kier molecular flexibility index (Phi) is 4.02. The van der Waals surface area contributed by atoms with Crippen LogP contribution in [0.4, 0.5) is 0 Å². The van der Waals surface area contributed by atoms with Gasteiger partial charge >= 0.3 is 0 Å². The summed E-state index contributed by atoms with van der Waals surface area (Å²) in [6.45, 7) is 7.67. The van der Waals surface area contributed by atoms with Crippen LogP contribution in [-0.4, -0.2) is 23.8 Å². The van der Waals surface area contributed by atoms with Crippen LogP contribution in [0, 0.1) is 18.3 Å². The Hall–Kier alpha value is -1.35. The molecule has 1 saturated carbocycles. The lowest BCUT2D eigenvalue weighted by molar-refractivity contribution is 0.268. The Morgan fingerprint density at radius 3 is 2.67 bits per heavy atom. The molecule has 3 nitrogen and oxygen atoms in total. The molecule has 1 aliphatic carbocycles. The summed E-state index contributed by atoms with van der Waals surface area (Å²) in [5.41, 5.74) is 8.91. The van der Waals surface area contributed by atoms with Crippen molar-refractivity contribution in [2.75, 3.05) is 13.1 Å². The van der Waals surface area contributed by atoms with E-state index in [4.69, 9.17) is 11.1 Å². The van der Waals surface area contributed by atoms with E-state index < -0.39 is 0 Å². The van der Waals surface area contributed by atoms with Gasteiger partial charge in [0.1, 0.15) is 5.84 Å². The van der Waals surface area contributed by atoms with E-state index in [0.29, 0.717) is 0 Å². The second kappa shape index (κ2) is 5.53. The molecular weight excluding hydrogens is 222 g/mol. The SMILES string of the molecule is CCN(Cc1ccc(C(=N)N)cc1C)CC1CC1. The van der Waals surface area contributed by atoms with Gasteiger partial charge in [-0.05, 0) is 49.4 Å². The lowest BCUT2D eigenvalue weighted by Gasteiger charge is -2.21. The number of nitrogens with one attached hydrogen (secondary N) is 1. The predicted octanol–water partition coefficient (Wildman–Crippen LogP) is 2.51. The molecule has 0 heterocycles. The third kappa shape index (κ3) is 3.33. The van der Waals surface area contributed by atoms with E-state index in [1.807, 2.05) is 12.1 Å². The standard InChI is InChI=1S/C15H23N3/c1-3-18(9-12-4-5-12)10-14-7-6-13(15(16)17)8-11(14)2/h6-8,12H,3-5,9-10H2,1-2H3,(H3,16,17).